The minimum absolute atomic E-state index is 0.0644. The summed E-state index contributed by atoms with van der Waals surface area (Å²) >= 11 is 5.80. The molecule has 3 rings (SSSR count). The van der Waals surface area contributed by atoms with Crippen LogP contribution in [0.25, 0.3) is 0 Å². The highest BCUT2D eigenvalue weighted by Gasteiger charge is 2.29. The third-order valence-electron chi connectivity index (χ3n) is 4.67. The topological polar surface area (TPSA) is 123 Å². The molecule has 1 unspecified atom stereocenters. The summed E-state index contributed by atoms with van der Waals surface area (Å²) in [7, 11) is -4.06. The van der Waals surface area contributed by atoms with E-state index in [1.165, 1.54) is 30.3 Å². The lowest BCUT2D eigenvalue weighted by atomic mass is 10.1. The number of hydrogen-bond acceptors (Lipinski definition) is 6. The van der Waals surface area contributed by atoms with Crippen molar-refractivity contribution in [3.05, 3.63) is 53.1 Å². The van der Waals surface area contributed by atoms with Crippen LogP contribution in [0.15, 0.2) is 47.4 Å². The Bertz CT molecular complexity index is 1090. The van der Waals surface area contributed by atoms with E-state index in [1.54, 1.807) is 26.0 Å². The van der Waals surface area contributed by atoms with Gasteiger partial charge in [-0.3, -0.25) is 20.4 Å². The van der Waals surface area contributed by atoms with Crippen molar-refractivity contribution in [3.8, 4) is 11.5 Å². The zero-order valence-electron chi connectivity index (χ0n) is 17.6. The Balaban J connectivity index is 1.69. The average Bonchev–Trinajstić information content (AvgIpc) is 3.01. The van der Waals surface area contributed by atoms with Crippen LogP contribution in [0.4, 0.5) is 0 Å². The second kappa shape index (κ2) is 10.2. The molecule has 3 N–H and O–H groups in total. The van der Waals surface area contributed by atoms with Crippen LogP contribution >= 0.6 is 11.6 Å². The molecule has 2 amide bonds. The van der Waals surface area contributed by atoms with E-state index in [9.17, 15) is 18.0 Å². The maximum absolute atomic E-state index is 12.9. The average molecular weight is 482 g/mol. The Kier molecular flexibility index (Phi) is 7.60. The van der Waals surface area contributed by atoms with Crippen LogP contribution in [-0.2, 0) is 14.8 Å². The second-order valence-electron chi connectivity index (χ2n) is 7.45. The van der Waals surface area contributed by atoms with Gasteiger partial charge in [0.05, 0.1) is 18.1 Å². The molecule has 0 bridgehead atoms. The normalized spacial score (nSPS) is 14.4. The number of ether oxygens (including phenoxy) is 2. The van der Waals surface area contributed by atoms with Crippen molar-refractivity contribution in [2.75, 3.05) is 13.2 Å². The predicted molar refractivity (Wildman–Crippen MR) is 118 cm³/mol. The molecule has 0 fully saturated rings. The Morgan fingerprint density at radius 2 is 1.62 bits per heavy atom. The molecule has 1 atom stereocenters. The second-order valence-corrected chi connectivity index (χ2v) is 9.60. The lowest BCUT2D eigenvalue weighted by Crippen LogP contribution is -2.54. The van der Waals surface area contributed by atoms with E-state index in [4.69, 9.17) is 21.1 Å². The Labute approximate surface area is 191 Å². The van der Waals surface area contributed by atoms with Crippen LogP contribution in [0.2, 0.25) is 5.02 Å². The summed E-state index contributed by atoms with van der Waals surface area (Å²) in [5.41, 5.74) is 4.82. The Morgan fingerprint density at radius 1 is 0.969 bits per heavy atom. The molecule has 2 aromatic rings. The number of nitrogens with one attached hydrogen (secondary N) is 3. The lowest BCUT2D eigenvalue weighted by Gasteiger charge is -2.22. The van der Waals surface area contributed by atoms with Gasteiger partial charge in [-0.15, -0.1) is 0 Å². The molecule has 0 spiro atoms. The number of halogens is 1. The zero-order chi connectivity index (χ0) is 23.3. The first-order valence-electron chi connectivity index (χ1n) is 9.95. The summed E-state index contributed by atoms with van der Waals surface area (Å²) in [5, 5.41) is 0.467. The molecule has 1 aliphatic rings. The minimum atomic E-state index is -4.06. The van der Waals surface area contributed by atoms with Gasteiger partial charge in [-0.2, -0.15) is 4.72 Å². The van der Waals surface area contributed by atoms with Crippen molar-refractivity contribution < 1.29 is 27.5 Å². The first kappa shape index (κ1) is 23.8. The van der Waals surface area contributed by atoms with Gasteiger partial charge in [-0.25, -0.2) is 8.42 Å². The zero-order valence-corrected chi connectivity index (χ0v) is 19.1. The molecule has 0 aliphatic carbocycles. The molecular weight excluding hydrogens is 458 g/mol. The van der Waals surface area contributed by atoms with Crippen molar-refractivity contribution >= 4 is 33.4 Å². The van der Waals surface area contributed by atoms with Crippen molar-refractivity contribution in [1.82, 2.24) is 15.6 Å². The van der Waals surface area contributed by atoms with Gasteiger partial charge >= 0.3 is 0 Å². The molecule has 1 heterocycles. The van der Waals surface area contributed by atoms with E-state index in [0.717, 1.165) is 0 Å². The molecule has 0 radical (unpaired) electrons. The summed E-state index contributed by atoms with van der Waals surface area (Å²) in [6, 6.07) is 9.20. The summed E-state index contributed by atoms with van der Waals surface area (Å²) in [5.74, 6) is -0.892. The van der Waals surface area contributed by atoms with Gasteiger partial charge in [0.2, 0.25) is 10.0 Å². The number of benzene rings is 2. The van der Waals surface area contributed by atoms with E-state index < -0.39 is 33.8 Å². The van der Waals surface area contributed by atoms with Crippen molar-refractivity contribution in [3.63, 3.8) is 0 Å². The first-order chi connectivity index (χ1) is 15.2. The highest BCUT2D eigenvalue weighted by molar-refractivity contribution is 7.89. The molecular formula is C21H24ClN3O6S. The molecule has 0 aromatic heterocycles. The number of sulfonamides is 1. The molecule has 172 valence electrons. The predicted octanol–water partition coefficient (Wildman–Crippen LogP) is 2.27. The maximum atomic E-state index is 12.9. The number of carbonyl (C=O) groups is 2. The Morgan fingerprint density at radius 3 is 2.28 bits per heavy atom. The maximum Gasteiger partial charge on any atom is 0.269 e. The van der Waals surface area contributed by atoms with Gasteiger partial charge in [0.1, 0.15) is 6.04 Å². The molecule has 11 heteroatoms. The summed E-state index contributed by atoms with van der Waals surface area (Å²) in [4.78, 5) is 24.8. The third kappa shape index (κ3) is 5.90. The van der Waals surface area contributed by atoms with Crippen molar-refractivity contribution in [2.24, 2.45) is 5.92 Å². The van der Waals surface area contributed by atoms with Gasteiger partial charge in [0.25, 0.3) is 11.8 Å². The minimum Gasteiger partial charge on any atom is -0.490 e. The van der Waals surface area contributed by atoms with Crippen LogP contribution in [0.1, 0.15) is 30.6 Å². The SMILES string of the molecule is CC(C)C(NS(=O)(=O)c1ccc2c(c1)OCCCO2)C(=O)NNC(=O)c1ccc(Cl)cc1. The monoisotopic (exact) mass is 481 g/mol. The van der Waals surface area contributed by atoms with Crippen LogP contribution in [0.3, 0.4) is 0 Å². The molecule has 0 saturated carbocycles. The smallest absolute Gasteiger partial charge is 0.269 e. The summed E-state index contributed by atoms with van der Waals surface area (Å²) in [6.07, 6.45) is 0.687. The van der Waals surface area contributed by atoms with Gasteiger partial charge in [-0.05, 0) is 42.3 Å². The van der Waals surface area contributed by atoms with Crippen LogP contribution in [0, 0.1) is 5.92 Å². The first-order valence-corrected chi connectivity index (χ1v) is 11.8. The number of rotatable bonds is 6. The summed E-state index contributed by atoms with van der Waals surface area (Å²) < 4.78 is 39.3. The number of hydrogen-bond donors (Lipinski definition) is 3. The van der Waals surface area contributed by atoms with Crippen molar-refractivity contribution in [2.45, 2.75) is 31.2 Å². The van der Waals surface area contributed by atoms with Crippen molar-refractivity contribution in [1.29, 1.82) is 0 Å². The van der Waals surface area contributed by atoms with Crippen LogP contribution < -0.4 is 25.0 Å². The van der Waals surface area contributed by atoms with Crippen LogP contribution in [0.5, 0.6) is 11.5 Å². The quantitative estimate of drug-likeness (QED) is 0.544. The fourth-order valence-corrected chi connectivity index (χ4v) is 4.39. The molecule has 32 heavy (non-hydrogen) atoms. The number of amides is 2. The van der Waals surface area contributed by atoms with Gasteiger partial charge in [0.15, 0.2) is 11.5 Å². The molecule has 2 aromatic carbocycles. The van der Waals surface area contributed by atoms with E-state index in [-0.39, 0.29) is 10.5 Å². The van der Waals surface area contributed by atoms with E-state index >= 15 is 0 Å². The fraction of sp³-hybridized carbons (Fsp3) is 0.333. The largest absolute Gasteiger partial charge is 0.490 e. The standard InChI is InChI=1S/C21H24ClN3O6S/c1-13(2)19(21(27)24-23-20(26)14-4-6-15(22)7-5-14)25-32(28,29)16-8-9-17-18(12-16)31-11-3-10-30-17/h4-9,12-13,19,25H,3,10-11H2,1-2H3,(H,23,26)(H,24,27). The molecule has 9 nitrogen and oxygen atoms in total. The lowest BCUT2D eigenvalue weighted by molar-refractivity contribution is -0.124. The van der Waals surface area contributed by atoms with Gasteiger partial charge in [0, 0.05) is 23.1 Å². The van der Waals surface area contributed by atoms with Gasteiger partial charge < -0.3 is 9.47 Å². The molecule has 1 aliphatic heterocycles. The van der Waals surface area contributed by atoms with E-state index in [2.05, 4.69) is 15.6 Å². The number of hydrazine groups is 1. The van der Waals surface area contributed by atoms with E-state index in [0.29, 0.717) is 36.2 Å². The summed E-state index contributed by atoms with van der Waals surface area (Å²) in [6.45, 7) is 4.26. The number of carbonyl (C=O) groups excluding carboxylic acids is 2. The third-order valence-corrected chi connectivity index (χ3v) is 6.36. The van der Waals surface area contributed by atoms with Gasteiger partial charge in [-0.1, -0.05) is 25.4 Å². The fourth-order valence-electron chi connectivity index (χ4n) is 2.91. The van der Waals surface area contributed by atoms with E-state index in [1.807, 2.05) is 0 Å². The van der Waals surface area contributed by atoms with Crippen LogP contribution in [-0.4, -0.2) is 39.5 Å². The highest BCUT2D eigenvalue weighted by atomic mass is 35.5. The molecule has 0 saturated heterocycles. The number of fused-ring (bicyclic) bond motifs is 1. The Hall–Kier alpha value is -2.82. The highest BCUT2D eigenvalue weighted by Crippen LogP contribution is 2.32.